The highest BCUT2D eigenvalue weighted by atomic mass is 35.5. The van der Waals surface area contributed by atoms with Crippen molar-refractivity contribution in [3.05, 3.63) is 52.7 Å². The minimum Gasteiger partial charge on any atom is -0.507 e. The first-order chi connectivity index (χ1) is 8.65. The lowest BCUT2D eigenvalue weighted by Crippen LogP contribution is -2.30. The van der Waals surface area contributed by atoms with E-state index in [1.54, 1.807) is 24.4 Å². The maximum absolute atomic E-state index is 9.63. The largest absolute Gasteiger partial charge is 0.507 e. The number of hydrogen-bond donors (Lipinski definition) is 2. The summed E-state index contributed by atoms with van der Waals surface area (Å²) >= 11 is 5.86. The van der Waals surface area contributed by atoms with E-state index in [0.29, 0.717) is 17.1 Å². The predicted octanol–water partition coefficient (Wildman–Crippen LogP) is 2.90. The van der Waals surface area contributed by atoms with Crippen molar-refractivity contribution in [1.29, 1.82) is 0 Å². The Hall–Kier alpha value is -1.74. The number of halogens is 1. The SMILES string of the molecule is CC1=CC=CC(CN=Cc2cc(Cl)ccc2O)N1. The van der Waals surface area contributed by atoms with Gasteiger partial charge in [0.15, 0.2) is 0 Å². The molecule has 18 heavy (non-hydrogen) atoms. The summed E-state index contributed by atoms with van der Waals surface area (Å²) in [4.78, 5) is 4.32. The van der Waals surface area contributed by atoms with Crippen LogP contribution in [0.15, 0.2) is 47.1 Å². The Balaban J connectivity index is 1.97. The van der Waals surface area contributed by atoms with E-state index in [9.17, 15) is 5.11 Å². The summed E-state index contributed by atoms with van der Waals surface area (Å²) in [5.74, 6) is 0.186. The van der Waals surface area contributed by atoms with Crippen LogP contribution >= 0.6 is 11.6 Å². The van der Waals surface area contributed by atoms with Crippen molar-refractivity contribution in [3.63, 3.8) is 0 Å². The molecule has 0 aliphatic carbocycles. The second-order valence-electron chi connectivity index (χ2n) is 4.18. The summed E-state index contributed by atoms with van der Waals surface area (Å²) in [6.45, 7) is 2.64. The van der Waals surface area contributed by atoms with E-state index in [1.807, 2.05) is 19.1 Å². The van der Waals surface area contributed by atoms with Crippen molar-refractivity contribution in [2.24, 2.45) is 4.99 Å². The Labute approximate surface area is 112 Å². The fraction of sp³-hybridized carbons (Fsp3) is 0.214. The molecule has 1 heterocycles. The van der Waals surface area contributed by atoms with Crippen LogP contribution in [-0.4, -0.2) is 23.9 Å². The lowest BCUT2D eigenvalue weighted by Gasteiger charge is -2.17. The normalized spacial score (nSPS) is 18.8. The molecule has 0 aromatic heterocycles. The number of aliphatic imine (C=N–C) groups is 1. The van der Waals surface area contributed by atoms with Gasteiger partial charge in [-0.2, -0.15) is 0 Å². The number of phenols is 1. The van der Waals surface area contributed by atoms with E-state index in [2.05, 4.69) is 16.4 Å². The smallest absolute Gasteiger partial charge is 0.124 e. The molecule has 2 rings (SSSR count). The number of benzene rings is 1. The summed E-state index contributed by atoms with van der Waals surface area (Å²) < 4.78 is 0. The van der Waals surface area contributed by atoms with Gasteiger partial charge in [-0.1, -0.05) is 23.8 Å². The third-order valence-corrected chi connectivity index (χ3v) is 2.86. The first-order valence-corrected chi connectivity index (χ1v) is 6.13. The maximum Gasteiger partial charge on any atom is 0.124 e. The van der Waals surface area contributed by atoms with Gasteiger partial charge in [-0.05, 0) is 31.2 Å². The Morgan fingerprint density at radius 2 is 2.33 bits per heavy atom. The zero-order valence-corrected chi connectivity index (χ0v) is 10.9. The van der Waals surface area contributed by atoms with Crippen molar-refractivity contribution in [3.8, 4) is 5.75 Å². The molecule has 0 amide bonds. The molecule has 0 spiro atoms. The number of dihydropyridines is 1. The first-order valence-electron chi connectivity index (χ1n) is 5.75. The average molecular weight is 263 g/mol. The molecule has 0 saturated carbocycles. The molecular formula is C14H15ClN2O. The van der Waals surface area contributed by atoms with Gasteiger partial charge in [0.25, 0.3) is 0 Å². The summed E-state index contributed by atoms with van der Waals surface area (Å²) in [5, 5.41) is 13.5. The number of phenolic OH excluding ortho intramolecular Hbond substituents is 1. The molecule has 3 nitrogen and oxygen atoms in total. The predicted molar refractivity (Wildman–Crippen MR) is 75.4 cm³/mol. The second kappa shape index (κ2) is 5.74. The summed E-state index contributed by atoms with van der Waals surface area (Å²) in [6, 6.07) is 5.10. The second-order valence-corrected chi connectivity index (χ2v) is 4.62. The highest BCUT2D eigenvalue weighted by Gasteiger charge is 2.05. The molecule has 0 saturated heterocycles. The van der Waals surface area contributed by atoms with Gasteiger partial charge in [0.05, 0.1) is 12.6 Å². The number of rotatable bonds is 3. The van der Waals surface area contributed by atoms with E-state index < -0.39 is 0 Å². The fourth-order valence-corrected chi connectivity index (χ4v) is 1.90. The number of nitrogens with zero attached hydrogens (tertiary/aromatic N) is 1. The molecule has 94 valence electrons. The van der Waals surface area contributed by atoms with Gasteiger partial charge in [-0.25, -0.2) is 0 Å². The van der Waals surface area contributed by atoms with E-state index in [4.69, 9.17) is 11.6 Å². The van der Waals surface area contributed by atoms with Gasteiger partial charge in [-0.15, -0.1) is 0 Å². The zero-order valence-electron chi connectivity index (χ0n) is 10.1. The molecule has 1 atom stereocenters. The van der Waals surface area contributed by atoms with Gasteiger partial charge in [0.1, 0.15) is 5.75 Å². The molecule has 4 heteroatoms. The minimum absolute atomic E-state index is 0.186. The molecule has 0 fully saturated rings. The lowest BCUT2D eigenvalue weighted by molar-refractivity contribution is 0.474. The van der Waals surface area contributed by atoms with Crippen molar-refractivity contribution < 1.29 is 5.11 Å². The van der Waals surface area contributed by atoms with Crippen molar-refractivity contribution in [2.45, 2.75) is 13.0 Å². The van der Waals surface area contributed by atoms with Crippen molar-refractivity contribution in [1.82, 2.24) is 5.32 Å². The van der Waals surface area contributed by atoms with Crippen LogP contribution in [0, 0.1) is 0 Å². The molecule has 0 radical (unpaired) electrons. The van der Waals surface area contributed by atoms with Gasteiger partial charge in [0, 0.05) is 22.5 Å². The van der Waals surface area contributed by atoms with Crippen LogP contribution in [0.25, 0.3) is 0 Å². The van der Waals surface area contributed by atoms with Gasteiger partial charge >= 0.3 is 0 Å². The van der Waals surface area contributed by atoms with E-state index in [1.165, 1.54) is 0 Å². The molecule has 1 unspecified atom stereocenters. The molecule has 1 aromatic rings. The number of allylic oxidation sites excluding steroid dienone is 3. The number of aromatic hydroxyl groups is 1. The van der Waals surface area contributed by atoms with Crippen LogP contribution in [0.5, 0.6) is 5.75 Å². The lowest BCUT2D eigenvalue weighted by atomic mass is 10.2. The van der Waals surface area contributed by atoms with Crippen LogP contribution in [0.3, 0.4) is 0 Å². The Morgan fingerprint density at radius 3 is 3.11 bits per heavy atom. The topological polar surface area (TPSA) is 44.6 Å². The Kier molecular flexibility index (Phi) is 4.05. The van der Waals surface area contributed by atoms with Crippen molar-refractivity contribution >= 4 is 17.8 Å². The van der Waals surface area contributed by atoms with Gasteiger partial charge in [-0.3, -0.25) is 4.99 Å². The zero-order chi connectivity index (χ0) is 13.0. The Morgan fingerprint density at radius 1 is 1.50 bits per heavy atom. The average Bonchev–Trinajstić information content (AvgIpc) is 2.34. The fourth-order valence-electron chi connectivity index (χ4n) is 1.72. The van der Waals surface area contributed by atoms with E-state index in [-0.39, 0.29) is 11.8 Å². The van der Waals surface area contributed by atoms with Crippen LogP contribution in [0.2, 0.25) is 5.02 Å². The molecule has 2 N–H and O–H groups in total. The van der Waals surface area contributed by atoms with Crippen LogP contribution in [0.1, 0.15) is 12.5 Å². The number of hydrogen-bond acceptors (Lipinski definition) is 3. The monoisotopic (exact) mass is 262 g/mol. The molecule has 1 aliphatic rings. The van der Waals surface area contributed by atoms with E-state index >= 15 is 0 Å². The molecule has 1 aliphatic heterocycles. The van der Waals surface area contributed by atoms with Crippen LogP contribution < -0.4 is 5.32 Å². The third kappa shape index (κ3) is 3.37. The Bertz CT molecular complexity index is 521. The molecule has 1 aromatic carbocycles. The highest BCUT2D eigenvalue weighted by molar-refractivity contribution is 6.30. The minimum atomic E-state index is 0.186. The van der Waals surface area contributed by atoms with E-state index in [0.717, 1.165) is 5.70 Å². The first kappa shape index (κ1) is 12.7. The van der Waals surface area contributed by atoms with Crippen molar-refractivity contribution in [2.75, 3.05) is 6.54 Å². The standard InChI is InChI=1S/C14H15ClN2O/c1-10-3-2-4-13(17-10)9-16-8-11-7-12(15)5-6-14(11)18/h2-8,13,17-18H,9H2,1H3. The summed E-state index contributed by atoms with van der Waals surface area (Å²) in [6.07, 6.45) is 7.73. The third-order valence-electron chi connectivity index (χ3n) is 2.62. The molecule has 0 bridgehead atoms. The maximum atomic E-state index is 9.63. The summed E-state index contributed by atoms with van der Waals surface area (Å²) in [7, 11) is 0. The van der Waals surface area contributed by atoms with Crippen LogP contribution in [-0.2, 0) is 0 Å². The highest BCUT2D eigenvalue weighted by Crippen LogP contribution is 2.19. The van der Waals surface area contributed by atoms with Gasteiger partial charge in [0.2, 0.25) is 0 Å². The quantitative estimate of drug-likeness (QED) is 0.823. The molecular weight excluding hydrogens is 248 g/mol. The summed E-state index contributed by atoms with van der Waals surface area (Å²) in [5.41, 5.74) is 1.76. The van der Waals surface area contributed by atoms with Crippen LogP contribution in [0.4, 0.5) is 0 Å². The van der Waals surface area contributed by atoms with Gasteiger partial charge < -0.3 is 10.4 Å². The number of nitrogens with one attached hydrogen (secondary N) is 1.